The average Bonchev–Trinajstić information content (AvgIpc) is 2.66. The highest BCUT2D eigenvalue weighted by molar-refractivity contribution is 5.96. The molecule has 0 unspecified atom stereocenters. The first-order valence-corrected chi connectivity index (χ1v) is 8.91. The molecular weight excluding hydrogens is 348 g/mol. The van der Waals surface area contributed by atoms with Gasteiger partial charge in [-0.2, -0.15) is 0 Å². The van der Waals surface area contributed by atoms with Crippen molar-refractivity contribution in [3.8, 4) is 0 Å². The van der Waals surface area contributed by atoms with E-state index in [0.29, 0.717) is 13.1 Å². The van der Waals surface area contributed by atoms with Crippen molar-refractivity contribution >= 4 is 29.8 Å². The number of nitrogens with zero attached hydrogens (tertiary/aromatic N) is 2. The summed E-state index contributed by atoms with van der Waals surface area (Å²) in [5.41, 5.74) is 5.88. The predicted molar refractivity (Wildman–Crippen MR) is 108 cm³/mol. The summed E-state index contributed by atoms with van der Waals surface area (Å²) in [5.74, 6) is 0. The molecule has 5 nitrogen and oxygen atoms in total. The van der Waals surface area contributed by atoms with E-state index in [0.717, 1.165) is 31.9 Å². The molecule has 2 aliphatic rings. The van der Waals surface area contributed by atoms with Crippen LogP contribution in [-0.2, 0) is 13.1 Å². The number of nitrogens with one attached hydrogen (secondary N) is 2. The van der Waals surface area contributed by atoms with Crippen molar-refractivity contribution in [3.63, 3.8) is 0 Å². The van der Waals surface area contributed by atoms with Gasteiger partial charge in [0.05, 0.1) is 12.2 Å². The summed E-state index contributed by atoms with van der Waals surface area (Å²) in [6.07, 6.45) is 0. The van der Waals surface area contributed by atoms with Crippen LogP contribution in [-0.4, -0.2) is 32.2 Å². The molecule has 0 spiro atoms. The Bertz CT molecular complexity index is 789. The number of carbonyl (C=O) groups excluding carboxylic acids is 1. The molecule has 2 amide bonds. The third-order valence-corrected chi connectivity index (χ3v) is 5.13. The number of anilines is 2. The summed E-state index contributed by atoms with van der Waals surface area (Å²) in [6, 6.07) is 14.5. The van der Waals surface area contributed by atoms with Gasteiger partial charge in [-0.25, -0.2) is 4.79 Å². The van der Waals surface area contributed by atoms with Gasteiger partial charge in [-0.1, -0.05) is 30.3 Å². The lowest BCUT2D eigenvalue weighted by Gasteiger charge is -2.36. The van der Waals surface area contributed by atoms with Crippen molar-refractivity contribution < 1.29 is 4.79 Å². The number of urea groups is 1. The topological polar surface area (TPSA) is 47.6 Å². The number of piperazine rings is 1. The van der Waals surface area contributed by atoms with E-state index in [1.807, 2.05) is 17.0 Å². The lowest BCUT2D eigenvalue weighted by Crippen LogP contribution is -2.47. The molecule has 0 aliphatic carbocycles. The molecule has 138 valence electrons. The summed E-state index contributed by atoms with van der Waals surface area (Å²) >= 11 is 0. The van der Waals surface area contributed by atoms with E-state index >= 15 is 0 Å². The second-order valence-electron chi connectivity index (χ2n) is 6.68. The Morgan fingerprint density at radius 2 is 1.73 bits per heavy atom. The molecule has 1 fully saturated rings. The highest BCUT2D eigenvalue weighted by Gasteiger charge is 2.27. The molecule has 2 aliphatic heterocycles. The first kappa shape index (κ1) is 18.5. The summed E-state index contributed by atoms with van der Waals surface area (Å²) in [7, 11) is 0. The Labute approximate surface area is 160 Å². The van der Waals surface area contributed by atoms with Gasteiger partial charge in [0.1, 0.15) is 0 Å². The van der Waals surface area contributed by atoms with Gasteiger partial charge >= 0.3 is 6.03 Å². The smallest absolute Gasteiger partial charge is 0.322 e. The maximum absolute atomic E-state index is 12.6. The Kier molecular flexibility index (Phi) is 5.69. The minimum Gasteiger partial charge on any atom is -0.369 e. The highest BCUT2D eigenvalue weighted by Crippen LogP contribution is 2.34. The van der Waals surface area contributed by atoms with Gasteiger partial charge in [-0.3, -0.25) is 4.90 Å². The Balaban J connectivity index is 0.00000196. The van der Waals surface area contributed by atoms with E-state index in [9.17, 15) is 4.79 Å². The fraction of sp³-hybridized carbons (Fsp3) is 0.350. The van der Waals surface area contributed by atoms with E-state index in [1.54, 1.807) is 0 Å². The van der Waals surface area contributed by atoms with E-state index in [1.165, 1.54) is 22.4 Å². The number of fused-ring (bicyclic) bond motifs is 1. The molecule has 4 rings (SSSR count). The van der Waals surface area contributed by atoms with Gasteiger partial charge in [0.2, 0.25) is 0 Å². The molecule has 0 saturated carbocycles. The molecule has 2 N–H and O–H groups in total. The predicted octanol–water partition coefficient (Wildman–Crippen LogP) is 3.06. The van der Waals surface area contributed by atoms with Crippen molar-refractivity contribution in [2.75, 3.05) is 36.0 Å². The number of amides is 2. The normalized spacial score (nSPS) is 16.6. The van der Waals surface area contributed by atoms with E-state index < -0.39 is 0 Å². The first-order valence-electron chi connectivity index (χ1n) is 8.91. The maximum Gasteiger partial charge on any atom is 0.322 e. The van der Waals surface area contributed by atoms with Crippen LogP contribution in [0.1, 0.15) is 16.7 Å². The van der Waals surface area contributed by atoms with Crippen molar-refractivity contribution in [2.24, 2.45) is 0 Å². The minimum absolute atomic E-state index is 0. The molecular formula is C20H25ClN4O. The SMILES string of the molecule is Cc1ccccc1CN1C(=O)NCc2c(N3CCNCC3)cccc21.Cl. The highest BCUT2D eigenvalue weighted by atomic mass is 35.5. The van der Waals surface area contributed by atoms with Crippen molar-refractivity contribution in [2.45, 2.75) is 20.0 Å². The first-order chi connectivity index (χ1) is 12.2. The van der Waals surface area contributed by atoms with E-state index in [4.69, 9.17) is 0 Å². The number of hydrogen-bond acceptors (Lipinski definition) is 3. The quantitative estimate of drug-likeness (QED) is 0.870. The number of benzene rings is 2. The zero-order valence-electron chi connectivity index (χ0n) is 15.0. The van der Waals surface area contributed by atoms with Crippen LogP contribution in [0.15, 0.2) is 42.5 Å². The van der Waals surface area contributed by atoms with Crippen LogP contribution < -0.4 is 20.4 Å². The van der Waals surface area contributed by atoms with Crippen LogP contribution in [0, 0.1) is 6.92 Å². The maximum atomic E-state index is 12.6. The third kappa shape index (κ3) is 3.50. The fourth-order valence-electron chi connectivity index (χ4n) is 3.68. The van der Waals surface area contributed by atoms with Crippen molar-refractivity contribution in [1.82, 2.24) is 10.6 Å². The van der Waals surface area contributed by atoms with Gasteiger partial charge < -0.3 is 15.5 Å². The Morgan fingerprint density at radius 1 is 1.00 bits per heavy atom. The summed E-state index contributed by atoms with van der Waals surface area (Å²) < 4.78 is 0. The van der Waals surface area contributed by atoms with E-state index in [-0.39, 0.29) is 18.4 Å². The standard InChI is InChI=1S/C20H24N4O.ClH/c1-15-5-2-3-6-16(15)14-24-19-8-4-7-18(17(19)13-22-20(24)25)23-11-9-21-10-12-23;/h2-8,21H,9-14H2,1H3,(H,22,25);1H. The van der Waals surface area contributed by atoms with Gasteiger partial charge in [0.25, 0.3) is 0 Å². The molecule has 2 heterocycles. The average molecular weight is 373 g/mol. The van der Waals surface area contributed by atoms with Crippen LogP contribution >= 0.6 is 12.4 Å². The second kappa shape index (κ2) is 7.98. The minimum atomic E-state index is -0.0202. The third-order valence-electron chi connectivity index (χ3n) is 5.13. The van der Waals surface area contributed by atoms with Crippen LogP contribution in [0.5, 0.6) is 0 Å². The lowest BCUT2D eigenvalue weighted by atomic mass is 10.0. The summed E-state index contributed by atoms with van der Waals surface area (Å²) in [6.45, 7) is 7.29. The summed E-state index contributed by atoms with van der Waals surface area (Å²) in [4.78, 5) is 16.8. The molecule has 6 heteroatoms. The molecule has 2 aromatic rings. The Hall–Kier alpha value is -2.24. The zero-order chi connectivity index (χ0) is 17.2. The van der Waals surface area contributed by atoms with Crippen LogP contribution in [0.25, 0.3) is 0 Å². The van der Waals surface area contributed by atoms with Crippen LogP contribution in [0.3, 0.4) is 0 Å². The van der Waals surface area contributed by atoms with Gasteiger partial charge in [-0.05, 0) is 30.2 Å². The molecule has 0 aromatic heterocycles. The van der Waals surface area contributed by atoms with Crippen molar-refractivity contribution in [3.05, 3.63) is 59.2 Å². The molecule has 0 atom stereocenters. The van der Waals surface area contributed by atoms with Gasteiger partial charge in [0.15, 0.2) is 0 Å². The molecule has 2 aromatic carbocycles. The fourth-order valence-corrected chi connectivity index (χ4v) is 3.68. The number of halogens is 1. The number of rotatable bonds is 3. The lowest BCUT2D eigenvalue weighted by molar-refractivity contribution is 0.244. The number of carbonyl (C=O) groups is 1. The Morgan fingerprint density at radius 3 is 2.50 bits per heavy atom. The summed E-state index contributed by atoms with van der Waals surface area (Å²) in [5, 5.41) is 6.45. The molecule has 0 radical (unpaired) electrons. The number of hydrogen-bond donors (Lipinski definition) is 2. The van der Waals surface area contributed by atoms with E-state index in [2.05, 4.69) is 52.8 Å². The number of aryl methyl sites for hydroxylation is 1. The van der Waals surface area contributed by atoms with Gasteiger partial charge in [-0.15, -0.1) is 12.4 Å². The molecule has 1 saturated heterocycles. The van der Waals surface area contributed by atoms with Crippen LogP contribution in [0.2, 0.25) is 0 Å². The van der Waals surface area contributed by atoms with Crippen molar-refractivity contribution in [1.29, 1.82) is 0 Å². The largest absolute Gasteiger partial charge is 0.369 e. The monoisotopic (exact) mass is 372 g/mol. The zero-order valence-corrected chi connectivity index (χ0v) is 15.8. The molecule has 26 heavy (non-hydrogen) atoms. The van der Waals surface area contributed by atoms with Crippen LogP contribution in [0.4, 0.5) is 16.2 Å². The van der Waals surface area contributed by atoms with Gasteiger partial charge in [0, 0.05) is 44.0 Å². The second-order valence-corrected chi connectivity index (χ2v) is 6.68. The molecule has 0 bridgehead atoms.